The highest BCUT2D eigenvalue weighted by Crippen LogP contribution is 2.51. The van der Waals surface area contributed by atoms with E-state index in [-0.39, 0.29) is 5.41 Å². The maximum absolute atomic E-state index is 5.57. The Bertz CT molecular complexity index is 394. The molecule has 3 heteroatoms. The summed E-state index contributed by atoms with van der Waals surface area (Å²) in [5.74, 6) is 2.91. The van der Waals surface area contributed by atoms with Crippen LogP contribution in [0.1, 0.15) is 23.4 Å². The Morgan fingerprint density at radius 1 is 1.50 bits per heavy atom. The van der Waals surface area contributed by atoms with Crippen molar-refractivity contribution in [3.63, 3.8) is 0 Å². The van der Waals surface area contributed by atoms with Crippen LogP contribution in [0, 0.1) is 19.3 Å². The second-order valence-electron chi connectivity index (χ2n) is 4.03. The number of aryl methyl sites for hydroxylation is 1. The monoisotopic (exact) mass is 206 g/mol. The number of hydrogen-bond acceptors (Lipinski definition) is 3. The van der Waals surface area contributed by atoms with Crippen LogP contribution in [0.15, 0.2) is 0 Å². The third-order valence-corrected chi connectivity index (χ3v) is 4.16. The van der Waals surface area contributed by atoms with Gasteiger partial charge in [-0.05, 0) is 19.8 Å². The van der Waals surface area contributed by atoms with Crippen molar-refractivity contribution in [1.82, 2.24) is 4.98 Å². The zero-order chi connectivity index (χ0) is 10.3. The quantitative estimate of drug-likeness (QED) is 0.689. The fraction of sp³-hybridized carbons (Fsp3) is 0.545. The van der Waals surface area contributed by atoms with Gasteiger partial charge in [-0.1, -0.05) is 5.92 Å². The third kappa shape index (κ3) is 1.31. The van der Waals surface area contributed by atoms with Gasteiger partial charge in [0.25, 0.3) is 0 Å². The minimum absolute atomic E-state index is 0.0377. The summed E-state index contributed by atoms with van der Waals surface area (Å²) in [7, 11) is 4.02. The number of terminal acetylenes is 1. The predicted octanol–water partition coefficient (Wildman–Crippen LogP) is 2.18. The minimum Gasteiger partial charge on any atom is -0.354 e. The summed E-state index contributed by atoms with van der Waals surface area (Å²) in [5, 5.41) is 1.05. The van der Waals surface area contributed by atoms with Crippen molar-refractivity contribution in [2.45, 2.75) is 25.2 Å². The van der Waals surface area contributed by atoms with E-state index in [4.69, 9.17) is 6.42 Å². The van der Waals surface area contributed by atoms with Gasteiger partial charge in [-0.15, -0.1) is 17.8 Å². The van der Waals surface area contributed by atoms with E-state index in [0.717, 1.165) is 23.7 Å². The molecule has 0 bridgehead atoms. The SMILES string of the molecule is C#CC1(c2sc(N(C)C)nc2C)CC1. The highest BCUT2D eigenvalue weighted by atomic mass is 32.1. The van der Waals surface area contributed by atoms with E-state index in [1.54, 1.807) is 11.3 Å². The van der Waals surface area contributed by atoms with Gasteiger partial charge < -0.3 is 4.90 Å². The number of nitrogens with zero attached hydrogens (tertiary/aromatic N) is 2. The average Bonchev–Trinajstić information content (AvgIpc) is 2.84. The lowest BCUT2D eigenvalue weighted by atomic mass is 10.1. The van der Waals surface area contributed by atoms with Gasteiger partial charge >= 0.3 is 0 Å². The van der Waals surface area contributed by atoms with Crippen molar-refractivity contribution < 1.29 is 0 Å². The fourth-order valence-corrected chi connectivity index (χ4v) is 2.78. The van der Waals surface area contributed by atoms with Crippen LogP contribution in [0.3, 0.4) is 0 Å². The van der Waals surface area contributed by atoms with Crippen LogP contribution in [0.25, 0.3) is 0 Å². The lowest BCUT2D eigenvalue weighted by Gasteiger charge is -2.06. The molecule has 0 atom stereocenters. The summed E-state index contributed by atoms with van der Waals surface area (Å²) in [6.45, 7) is 2.05. The van der Waals surface area contributed by atoms with Crippen molar-refractivity contribution in [2.75, 3.05) is 19.0 Å². The van der Waals surface area contributed by atoms with Gasteiger partial charge in [0.1, 0.15) is 0 Å². The minimum atomic E-state index is 0.0377. The van der Waals surface area contributed by atoms with E-state index in [0.29, 0.717) is 0 Å². The Labute approximate surface area is 89.0 Å². The Morgan fingerprint density at radius 2 is 2.14 bits per heavy atom. The molecule has 2 nitrogen and oxygen atoms in total. The Morgan fingerprint density at radius 3 is 2.50 bits per heavy atom. The van der Waals surface area contributed by atoms with E-state index >= 15 is 0 Å². The zero-order valence-corrected chi connectivity index (χ0v) is 9.61. The van der Waals surface area contributed by atoms with Gasteiger partial charge in [-0.3, -0.25) is 0 Å². The average molecular weight is 206 g/mol. The van der Waals surface area contributed by atoms with Crippen molar-refractivity contribution in [2.24, 2.45) is 0 Å². The molecule has 1 heterocycles. The summed E-state index contributed by atoms with van der Waals surface area (Å²) in [6.07, 6.45) is 7.82. The zero-order valence-electron chi connectivity index (χ0n) is 8.79. The van der Waals surface area contributed by atoms with Crippen molar-refractivity contribution in [3.05, 3.63) is 10.6 Å². The summed E-state index contributed by atoms with van der Waals surface area (Å²) < 4.78 is 0. The first-order valence-corrected chi connectivity index (χ1v) is 5.54. The first-order chi connectivity index (χ1) is 6.59. The van der Waals surface area contributed by atoms with E-state index in [1.807, 2.05) is 19.0 Å². The normalized spacial score (nSPS) is 17.6. The molecular weight excluding hydrogens is 192 g/mol. The standard InChI is InChI=1S/C11H14N2S/c1-5-11(6-7-11)9-8(2)12-10(14-9)13(3)4/h1H,6-7H2,2-4H3. The number of thiazole rings is 1. The first-order valence-electron chi connectivity index (χ1n) is 4.72. The third-order valence-electron chi connectivity index (χ3n) is 2.63. The number of anilines is 1. The van der Waals surface area contributed by atoms with E-state index in [2.05, 4.69) is 17.8 Å². The summed E-state index contributed by atoms with van der Waals surface area (Å²) in [4.78, 5) is 7.84. The lowest BCUT2D eigenvalue weighted by Crippen LogP contribution is -2.07. The van der Waals surface area contributed by atoms with Crippen LogP contribution in [-0.2, 0) is 5.41 Å². The Kier molecular flexibility index (Phi) is 2.04. The van der Waals surface area contributed by atoms with Crippen molar-refractivity contribution in [3.8, 4) is 12.3 Å². The molecule has 1 fully saturated rings. The first kappa shape index (κ1) is 9.54. The molecule has 1 aliphatic carbocycles. The summed E-state index contributed by atoms with van der Waals surface area (Å²) in [5.41, 5.74) is 1.14. The van der Waals surface area contributed by atoms with Crippen LogP contribution < -0.4 is 4.90 Å². The van der Waals surface area contributed by atoms with Gasteiger partial charge in [0, 0.05) is 19.0 Å². The maximum atomic E-state index is 5.57. The van der Waals surface area contributed by atoms with Crippen LogP contribution in [0.4, 0.5) is 5.13 Å². The smallest absolute Gasteiger partial charge is 0.185 e. The summed E-state index contributed by atoms with van der Waals surface area (Å²) in [6, 6.07) is 0. The molecule has 0 N–H and O–H groups in total. The van der Waals surface area contributed by atoms with Crippen molar-refractivity contribution >= 4 is 16.5 Å². The van der Waals surface area contributed by atoms with E-state index in [1.165, 1.54) is 4.88 Å². The second-order valence-corrected chi connectivity index (χ2v) is 5.01. The number of aromatic nitrogens is 1. The van der Waals surface area contributed by atoms with Gasteiger partial charge in [0.05, 0.1) is 11.1 Å². The molecule has 1 aromatic rings. The number of rotatable bonds is 2. The second kappa shape index (κ2) is 2.99. The van der Waals surface area contributed by atoms with E-state index in [9.17, 15) is 0 Å². The highest BCUT2D eigenvalue weighted by Gasteiger charge is 2.45. The Balaban J connectivity index is 2.41. The van der Waals surface area contributed by atoms with Crippen LogP contribution >= 0.6 is 11.3 Å². The molecule has 0 spiro atoms. The molecule has 14 heavy (non-hydrogen) atoms. The molecule has 1 saturated carbocycles. The van der Waals surface area contributed by atoms with Gasteiger partial charge in [-0.2, -0.15) is 0 Å². The van der Waals surface area contributed by atoms with Crippen LogP contribution in [0.2, 0.25) is 0 Å². The lowest BCUT2D eigenvalue weighted by molar-refractivity contribution is 0.934. The van der Waals surface area contributed by atoms with Crippen LogP contribution in [0.5, 0.6) is 0 Å². The Hall–Kier alpha value is -1.01. The molecule has 0 saturated heterocycles. The van der Waals surface area contributed by atoms with Crippen LogP contribution in [-0.4, -0.2) is 19.1 Å². The molecule has 74 valence electrons. The molecule has 0 aliphatic heterocycles. The van der Waals surface area contributed by atoms with E-state index < -0.39 is 0 Å². The van der Waals surface area contributed by atoms with Gasteiger partial charge in [0.2, 0.25) is 0 Å². The number of hydrogen-bond donors (Lipinski definition) is 0. The molecular formula is C11H14N2S. The van der Waals surface area contributed by atoms with Gasteiger partial charge in [0.15, 0.2) is 5.13 Å². The molecule has 2 rings (SSSR count). The maximum Gasteiger partial charge on any atom is 0.185 e. The molecule has 0 unspecified atom stereocenters. The summed E-state index contributed by atoms with van der Waals surface area (Å²) >= 11 is 1.73. The van der Waals surface area contributed by atoms with Crippen molar-refractivity contribution in [1.29, 1.82) is 0 Å². The highest BCUT2D eigenvalue weighted by molar-refractivity contribution is 7.16. The molecule has 0 radical (unpaired) electrons. The molecule has 1 aromatic heterocycles. The molecule has 0 aromatic carbocycles. The van der Waals surface area contributed by atoms with Gasteiger partial charge in [-0.25, -0.2) is 4.98 Å². The topological polar surface area (TPSA) is 16.1 Å². The fourth-order valence-electron chi connectivity index (χ4n) is 1.58. The molecule has 1 aliphatic rings. The predicted molar refractivity (Wildman–Crippen MR) is 60.9 cm³/mol. The largest absolute Gasteiger partial charge is 0.354 e. The molecule has 0 amide bonds.